The highest BCUT2D eigenvalue weighted by molar-refractivity contribution is 6.08. The highest BCUT2D eigenvalue weighted by atomic mass is 19.1. The van der Waals surface area contributed by atoms with Gasteiger partial charge in [0.15, 0.2) is 17.3 Å². The quantitative estimate of drug-likeness (QED) is 0.575. The summed E-state index contributed by atoms with van der Waals surface area (Å²) in [6.45, 7) is 0.782. The molecule has 0 radical (unpaired) electrons. The van der Waals surface area contributed by atoms with Crippen molar-refractivity contribution < 1.29 is 27.9 Å². The Labute approximate surface area is 196 Å². The van der Waals surface area contributed by atoms with Gasteiger partial charge in [0, 0.05) is 23.4 Å². The molecule has 3 aromatic rings. The summed E-state index contributed by atoms with van der Waals surface area (Å²) in [5.74, 6) is -0.584. The van der Waals surface area contributed by atoms with Gasteiger partial charge in [-0.2, -0.15) is 0 Å². The monoisotopic (exact) mass is 464 g/mol. The van der Waals surface area contributed by atoms with Gasteiger partial charge in [-0.25, -0.2) is 4.39 Å². The molecule has 1 aliphatic heterocycles. The van der Waals surface area contributed by atoms with E-state index in [0.717, 1.165) is 25.7 Å². The molecule has 1 N–H and O–H groups in total. The van der Waals surface area contributed by atoms with E-state index in [9.17, 15) is 9.59 Å². The summed E-state index contributed by atoms with van der Waals surface area (Å²) in [5.41, 5.74) is 0.452. The van der Waals surface area contributed by atoms with Gasteiger partial charge in [-0.1, -0.05) is 31.0 Å². The van der Waals surface area contributed by atoms with Crippen LogP contribution in [0.5, 0.6) is 11.5 Å². The fourth-order valence-corrected chi connectivity index (χ4v) is 4.53. The zero-order chi connectivity index (χ0) is 23.5. The Morgan fingerprint density at radius 3 is 2.47 bits per heavy atom. The minimum absolute atomic E-state index is 0.0115. The van der Waals surface area contributed by atoms with Gasteiger partial charge < -0.3 is 19.2 Å². The van der Waals surface area contributed by atoms with E-state index in [1.54, 1.807) is 36.4 Å². The first-order chi connectivity index (χ1) is 16.6. The first-order valence-corrected chi connectivity index (χ1v) is 11.4. The van der Waals surface area contributed by atoms with Crippen molar-refractivity contribution in [1.29, 1.82) is 0 Å². The summed E-state index contributed by atoms with van der Waals surface area (Å²) in [7, 11) is 0. The Morgan fingerprint density at radius 1 is 0.971 bits per heavy atom. The Bertz CT molecular complexity index is 1170. The Kier molecular flexibility index (Phi) is 6.20. The molecule has 0 saturated heterocycles. The fraction of sp³-hybridized carbons (Fsp3) is 0.308. The lowest BCUT2D eigenvalue weighted by molar-refractivity contribution is -0.123. The van der Waals surface area contributed by atoms with Crippen LogP contribution in [-0.2, 0) is 4.79 Å². The first-order valence-electron chi connectivity index (χ1n) is 11.4. The van der Waals surface area contributed by atoms with Crippen LogP contribution in [0.15, 0.2) is 65.3 Å². The number of furan rings is 1. The molecule has 5 rings (SSSR count). The van der Waals surface area contributed by atoms with Crippen LogP contribution in [0.25, 0.3) is 0 Å². The molecule has 7 nitrogen and oxygen atoms in total. The third-order valence-corrected chi connectivity index (χ3v) is 6.16. The summed E-state index contributed by atoms with van der Waals surface area (Å²) in [4.78, 5) is 28.6. The van der Waals surface area contributed by atoms with Gasteiger partial charge in [0.25, 0.3) is 5.91 Å². The van der Waals surface area contributed by atoms with Crippen molar-refractivity contribution in [1.82, 2.24) is 5.32 Å². The van der Waals surface area contributed by atoms with Gasteiger partial charge >= 0.3 is 0 Å². The van der Waals surface area contributed by atoms with Gasteiger partial charge in [-0.05, 0) is 43.2 Å². The molecule has 0 spiro atoms. The number of benzene rings is 2. The van der Waals surface area contributed by atoms with Crippen LogP contribution in [0.3, 0.4) is 0 Å². The lowest BCUT2D eigenvalue weighted by atomic mass is 10.0. The van der Waals surface area contributed by atoms with E-state index in [0.29, 0.717) is 30.4 Å². The van der Waals surface area contributed by atoms with Crippen molar-refractivity contribution >= 4 is 17.5 Å². The van der Waals surface area contributed by atoms with Crippen LogP contribution in [-0.4, -0.2) is 31.1 Å². The molecule has 1 atom stereocenters. The second-order valence-electron chi connectivity index (χ2n) is 8.39. The number of hydrogen-bond donors (Lipinski definition) is 1. The average molecular weight is 464 g/mol. The molecule has 34 heavy (non-hydrogen) atoms. The van der Waals surface area contributed by atoms with Crippen molar-refractivity contribution in [3.05, 3.63) is 78.0 Å². The number of anilines is 1. The average Bonchev–Trinajstić information content (AvgIpc) is 3.57. The lowest BCUT2D eigenvalue weighted by Crippen LogP contribution is -2.46. The molecule has 8 heteroatoms. The molecule has 1 aliphatic carbocycles. The maximum absolute atomic E-state index is 15.1. The van der Waals surface area contributed by atoms with E-state index in [-0.39, 0.29) is 17.4 Å². The number of hydrogen-bond acceptors (Lipinski definition) is 5. The molecule has 2 aliphatic rings. The topological polar surface area (TPSA) is 81.0 Å². The zero-order valence-electron chi connectivity index (χ0n) is 18.5. The molecule has 2 amide bonds. The van der Waals surface area contributed by atoms with Crippen LogP contribution in [0.2, 0.25) is 0 Å². The molecular weight excluding hydrogens is 439 g/mol. The molecule has 1 fully saturated rings. The first kappa shape index (κ1) is 22.0. The molecule has 2 aromatic carbocycles. The summed E-state index contributed by atoms with van der Waals surface area (Å²) in [6, 6.07) is 12.8. The third kappa shape index (κ3) is 4.35. The molecule has 1 unspecified atom stereocenters. The van der Waals surface area contributed by atoms with Crippen molar-refractivity contribution in [2.45, 2.75) is 37.8 Å². The molecule has 0 bridgehead atoms. The maximum Gasteiger partial charge on any atom is 0.294 e. The minimum Gasteiger partial charge on any atom is -0.486 e. The number of carbonyl (C=O) groups is 2. The predicted octanol–water partition coefficient (Wildman–Crippen LogP) is 4.64. The van der Waals surface area contributed by atoms with Gasteiger partial charge in [0.05, 0.1) is 6.26 Å². The minimum atomic E-state index is -1.26. The largest absolute Gasteiger partial charge is 0.486 e. The normalized spacial score (nSPS) is 16.1. The fourth-order valence-electron chi connectivity index (χ4n) is 4.53. The standard InChI is InChI=1S/C26H25FN2O5/c27-20-9-4-3-8-19(20)24(25(30)28-17-6-1-2-7-17)29(26(31)22-10-5-13-32-22)18-11-12-21-23(16-18)34-15-14-33-21/h3-5,8-13,16-17,24H,1-2,6-7,14-15H2,(H,28,30). The maximum atomic E-state index is 15.1. The Hall–Kier alpha value is -3.81. The number of rotatable bonds is 6. The Morgan fingerprint density at radius 2 is 1.74 bits per heavy atom. The smallest absolute Gasteiger partial charge is 0.294 e. The summed E-state index contributed by atoms with van der Waals surface area (Å²) < 4.78 is 31.8. The summed E-state index contributed by atoms with van der Waals surface area (Å²) >= 11 is 0. The second-order valence-corrected chi connectivity index (χ2v) is 8.39. The molecule has 1 aromatic heterocycles. The van der Waals surface area contributed by atoms with Crippen LogP contribution in [0, 0.1) is 5.82 Å². The van der Waals surface area contributed by atoms with Crippen LogP contribution >= 0.6 is 0 Å². The van der Waals surface area contributed by atoms with Crippen LogP contribution < -0.4 is 19.7 Å². The highest BCUT2D eigenvalue weighted by Gasteiger charge is 2.37. The van der Waals surface area contributed by atoms with E-state index < -0.39 is 23.7 Å². The van der Waals surface area contributed by atoms with Crippen molar-refractivity contribution in [2.75, 3.05) is 18.1 Å². The third-order valence-electron chi connectivity index (χ3n) is 6.16. The van der Waals surface area contributed by atoms with E-state index in [2.05, 4.69) is 5.32 Å². The zero-order valence-corrected chi connectivity index (χ0v) is 18.5. The van der Waals surface area contributed by atoms with Crippen molar-refractivity contribution in [2.24, 2.45) is 0 Å². The van der Waals surface area contributed by atoms with E-state index >= 15 is 4.39 Å². The van der Waals surface area contributed by atoms with Crippen LogP contribution in [0.1, 0.15) is 47.8 Å². The van der Waals surface area contributed by atoms with Gasteiger partial charge in [-0.3, -0.25) is 14.5 Å². The van der Waals surface area contributed by atoms with Gasteiger partial charge in [0.1, 0.15) is 25.1 Å². The lowest BCUT2D eigenvalue weighted by Gasteiger charge is -2.32. The Balaban J connectivity index is 1.62. The number of amides is 2. The summed E-state index contributed by atoms with van der Waals surface area (Å²) in [5, 5.41) is 3.03. The number of ether oxygens (including phenoxy) is 2. The number of halogens is 1. The number of fused-ring (bicyclic) bond motifs is 1. The number of nitrogens with zero attached hydrogens (tertiary/aromatic N) is 1. The second kappa shape index (κ2) is 9.59. The molecule has 1 saturated carbocycles. The molecular formula is C26H25FN2O5. The van der Waals surface area contributed by atoms with Crippen molar-refractivity contribution in [3.8, 4) is 11.5 Å². The van der Waals surface area contributed by atoms with Gasteiger partial charge in [-0.15, -0.1) is 0 Å². The number of nitrogens with one attached hydrogen (secondary N) is 1. The molecule has 176 valence electrons. The highest BCUT2D eigenvalue weighted by Crippen LogP contribution is 2.38. The van der Waals surface area contributed by atoms with Gasteiger partial charge in [0.2, 0.25) is 5.91 Å². The predicted molar refractivity (Wildman–Crippen MR) is 122 cm³/mol. The summed E-state index contributed by atoms with van der Waals surface area (Å²) in [6.07, 6.45) is 5.13. The van der Waals surface area contributed by atoms with Crippen molar-refractivity contribution in [3.63, 3.8) is 0 Å². The van der Waals surface area contributed by atoms with E-state index in [4.69, 9.17) is 13.9 Å². The molecule has 2 heterocycles. The van der Waals surface area contributed by atoms with E-state index in [1.165, 1.54) is 29.4 Å². The number of carbonyl (C=O) groups excluding carboxylic acids is 2. The van der Waals surface area contributed by atoms with Crippen LogP contribution in [0.4, 0.5) is 10.1 Å². The van der Waals surface area contributed by atoms with E-state index in [1.807, 2.05) is 0 Å². The SMILES string of the molecule is O=C(NC1CCCC1)C(c1ccccc1F)N(C(=O)c1ccco1)c1ccc2c(c1)OCCO2.